The number of hydrogen-bond acceptors (Lipinski definition) is 6. The van der Waals surface area contributed by atoms with Gasteiger partial charge >= 0.3 is 5.97 Å². The lowest BCUT2D eigenvalue weighted by Gasteiger charge is -2.56. The van der Waals surface area contributed by atoms with Crippen molar-refractivity contribution in [3.05, 3.63) is 0 Å². The van der Waals surface area contributed by atoms with Gasteiger partial charge in [-0.05, 0) is 90.8 Å². The third kappa shape index (κ3) is 4.38. The average molecular weight is 495 g/mol. The van der Waals surface area contributed by atoms with Crippen LogP contribution in [0.15, 0.2) is 0 Å². The highest BCUT2D eigenvalue weighted by Gasteiger charge is 2.63. The molecule has 1 aliphatic heterocycles. The lowest BCUT2D eigenvalue weighted by Crippen LogP contribution is -2.55. The number of aliphatic hydroxyl groups excluding tert-OH is 4. The Kier molecular flexibility index (Phi) is 7.72. The lowest BCUT2D eigenvalue weighted by atomic mass is 9.48. The number of fused-ring (bicyclic) bond motifs is 5. The first-order valence-electron chi connectivity index (χ1n) is 14.3. The van der Waals surface area contributed by atoms with Crippen LogP contribution in [-0.4, -0.2) is 57.4 Å². The summed E-state index contributed by atoms with van der Waals surface area (Å²) in [6, 6.07) is 0. The number of carbonyl (C=O) groups excluding carboxylic acids is 1. The first-order valence-corrected chi connectivity index (χ1v) is 14.3. The number of carbonyl (C=O) groups is 1. The van der Waals surface area contributed by atoms with E-state index in [1.807, 2.05) is 0 Å². The van der Waals surface area contributed by atoms with Crippen LogP contribution in [0.2, 0.25) is 0 Å². The van der Waals surface area contributed by atoms with Crippen molar-refractivity contribution in [2.24, 2.45) is 58.2 Å². The molecule has 3 saturated carbocycles. The third-order valence-electron chi connectivity index (χ3n) is 11.7. The fourth-order valence-corrected chi connectivity index (χ4v) is 9.60. The second-order valence-electron chi connectivity index (χ2n) is 13.5. The quantitative estimate of drug-likeness (QED) is 0.419. The van der Waals surface area contributed by atoms with E-state index >= 15 is 0 Å². The highest BCUT2D eigenvalue weighted by Crippen LogP contribution is 2.66. The Morgan fingerprint density at radius 3 is 2.26 bits per heavy atom. The van der Waals surface area contributed by atoms with Crippen LogP contribution in [0.5, 0.6) is 0 Å². The smallest absolute Gasteiger partial charge is 0.309 e. The summed E-state index contributed by atoms with van der Waals surface area (Å²) in [6.07, 6.45) is 2.49. The number of rotatable bonds is 6. The van der Waals surface area contributed by atoms with Crippen molar-refractivity contribution in [2.45, 2.75) is 111 Å². The van der Waals surface area contributed by atoms with Gasteiger partial charge in [0.1, 0.15) is 0 Å². The minimum Gasteiger partial charge on any atom is -0.465 e. The third-order valence-corrected chi connectivity index (χ3v) is 11.7. The minimum absolute atomic E-state index is 0.00679. The van der Waals surface area contributed by atoms with Gasteiger partial charge in [0, 0.05) is 0 Å². The van der Waals surface area contributed by atoms with Gasteiger partial charge in [0.05, 0.1) is 36.9 Å². The molecule has 13 atom stereocenters. The Hall–Kier alpha value is -0.690. The first-order chi connectivity index (χ1) is 16.4. The Morgan fingerprint density at radius 1 is 0.971 bits per heavy atom. The summed E-state index contributed by atoms with van der Waals surface area (Å²) in [5.41, 5.74) is -0.348. The van der Waals surface area contributed by atoms with Crippen molar-refractivity contribution in [2.75, 3.05) is 6.61 Å². The molecule has 0 aromatic heterocycles. The van der Waals surface area contributed by atoms with Crippen LogP contribution in [0.1, 0.15) is 86.5 Å². The number of hydrogen-bond donors (Lipinski definition) is 4. The molecule has 6 heteroatoms. The van der Waals surface area contributed by atoms with Gasteiger partial charge in [-0.15, -0.1) is 0 Å². The SMILES string of the molecule is CC[C@@H](C(C)C)[C@@H](O)[C@H](O)C(C)[C@H]1CCC2C3COC(=O)[C@H]4C[C@H](O)[C@H](O)C[C@]4(C)C3CC[C@@]21C. The Balaban J connectivity index is 1.57. The molecule has 6 nitrogen and oxygen atoms in total. The molecule has 202 valence electrons. The summed E-state index contributed by atoms with van der Waals surface area (Å²) >= 11 is 0. The normalized spacial score (nSPS) is 47.1. The molecule has 0 bridgehead atoms. The number of esters is 1. The summed E-state index contributed by atoms with van der Waals surface area (Å²) in [4.78, 5) is 13.0. The van der Waals surface area contributed by atoms with E-state index < -0.39 is 24.4 Å². The standard InChI is InChI=1S/C29H50O6/c1-7-17(15(2)3)26(33)25(32)16(4)19-8-9-20-18-14-35-27(34)22-12-23(30)24(31)13-29(22,6)21(18)10-11-28(19,20)5/h15-26,30-33H,7-14H2,1-6H3/t16?,17-,18?,19+,20?,21?,22+,23-,24+,25+,26+,28+,29+/m0/s1. The summed E-state index contributed by atoms with van der Waals surface area (Å²) in [7, 11) is 0. The van der Waals surface area contributed by atoms with E-state index in [-0.39, 0.29) is 52.8 Å². The summed E-state index contributed by atoms with van der Waals surface area (Å²) < 4.78 is 5.88. The molecular weight excluding hydrogens is 444 g/mol. The predicted molar refractivity (Wildman–Crippen MR) is 134 cm³/mol. The van der Waals surface area contributed by atoms with Crippen LogP contribution in [0.3, 0.4) is 0 Å². The Morgan fingerprint density at radius 2 is 1.63 bits per heavy atom. The molecule has 1 heterocycles. The van der Waals surface area contributed by atoms with Crippen molar-refractivity contribution in [1.29, 1.82) is 0 Å². The molecule has 1 saturated heterocycles. The van der Waals surface area contributed by atoms with E-state index in [2.05, 4.69) is 41.5 Å². The maximum Gasteiger partial charge on any atom is 0.309 e. The highest BCUT2D eigenvalue weighted by atomic mass is 16.5. The van der Waals surface area contributed by atoms with Crippen molar-refractivity contribution in [3.63, 3.8) is 0 Å². The van der Waals surface area contributed by atoms with E-state index in [0.29, 0.717) is 30.8 Å². The van der Waals surface area contributed by atoms with Gasteiger partial charge < -0.3 is 25.2 Å². The fourth-order valence-electron chi connectivity index (χ4n) is 9.60. The monoisotopic (exact) mass is 494 g/mol. The zero-order chi connectivity index (χ0) is 25.9. The number of aliphatic hydroxyl groups is 4. The van der Waals surface area contributed by atoms with Gasteiger partial charge in [-0.25, -0.2) is 0 Å². The van der Waals surface area contributed by atoms with Crippen molar-refractivity contribution in [1.82, 2.24) is 0 Å². The first kappa shape index (κ1) is 27.3. The van der Waals surface area contributed by atoms with Gasteiger partial charge in [-0.1, -0.05) is 48.0 Å². The molecule has 4 unspecified atom stereocenters. The average Bonchev–Trinajstić information content (AvgIpc) is 3.11. The Labute approximate surface area is 211 Å². The van der Waals surface area contributed by atoms with E-state index in [1.165, 1.54) is 0 Å². The van der Waals surface area contributed by atoms with Gasteiger partial charge in [0.25, 0.3) is 0 Å². The topological polar surface area (TPSA) is 107 Å². The molecule has 4 aliphatic rings. The Bertz CT molecular complexity index is 770. The van der Waals surface area contributed by atoms with Gasteiger partial charge in [-0.3, -0.25) is 4.79 Å². The lowest BCUT2D eigenvalue weighted by molar-refractivity contribution is -0.162. The molecule has 4 fully saturated rings. The molecule has 0 aromatic carbocycles. The molecule has 0 aromatic rings. The van der Waals surface area contributed by atoms with Crippen molar-refractivity contribution >= 4 is 5.97 Å². The van der Waals surface area contributed by atoms with Crippen LogP contribution in [0.25, 0.3) is 0 Å². The molecule has 35 heavy (non-hydrogen) atoms. The zero-order valence-electron chi connectivity index (χ0n) is 22.7. The number of cyclic esters (lactones) is 1. The second kappa shape index (κ2) is 9.89. The van der Waals surface area contributed by atoms with E-state index in [4.69, 9.17) is 4.74 Å². The van der Waals surface area contributed by atoms with Crippen LogP contribution in [0.4, 0.5) is 0 Å². The summed E-state index contributed by atoms with van der Waals surface area (Å²) in [5, 5.41) is 43.2. The molecule has 3 aliphatic carbocycles. The summed E-state index contributed by atoms with van der Waals surface area (Å²) in [5.74, 6) is 1.01. The van der Waals surface area contributed by atoms with E-state index in [9.17, 15) is 25.2 Å². The van der Waals surface area contributed by atoms with Crippen molar-refractivity contribution < 1.29 is 30.0 Å². The zero-order valence-corrected chi connectivity index (χ0v) is 22.7. The minimum atomic E-state index is -0.867. The second-order valence-corrected chi connectivity index (χ2v) is 13.5. The van der Waals surface area contributed by atoms with Crippen LogP contribution in [0, 0.1) is 58.2 Å². The highest BCUT2D eigenvalue weighted by molar-refractivity contribution is 5.74. The summed E-state index contributed by atoms with van der Waals surface area (Å²) in [6.45, 7) is 13.4. The maximum atomic E-state index is 13.0. The van der Waals surface area contributed by atoms with Crippen LogP contribution >= 0.6 is 0 Å². The largest absolute Gasteiger partial charge is 0.465 e. The maximum absolute atomic E-state index is 13.0. The van der Waals surface area contributed by atoms with Gasteiger partial charge in [0.2, 0.25) is 0 Å². The van der Waals surface area contributed by atoms with Crippen LogP contribution in [-0.2, 0) is 9.53 Å². The molecule has 0 radical (unpaired) electrons. The molecule has 4 N–H and O–H groups in total. The fraction of sp³-hybridized carbons (Fsp3) is 0.966. The molecule has 0 spiro atoms. The van der Waals surface area contributed by atoms with Gasteiger partial charge in [0.15, 0.2) is 0 Å². The molecular formula is C29H50O6. The molecule has 4 rings (SSSR count). The van der Waals surface area contributed by atoms with Crippen molar-refractivity contribution in [3.8, 4) is 0 Å². The molecule has 0 amide bonds. The van der Waals surface area contributed by atoms with Crippen LogP contribution < -0.4 is 0 Å². The van der Waals surface area contributed by atoms with E-state index in [0.717, 1.165) is 32.1 Å². The van der Waals surface area contributed by atoms with Gasteiger partial charge in [-0.2, -0.15) is 0 Å². The predicted octanol–water partition coefficient (Wildman–Crippen LogP) is 3.78. The van der Waals surface area contributed by atoms with E-state index in [1.54, 1.807) is 0 Å². The number of ether oxygens (including phenoxy) is 1.